The third-order valence-electron chi connectivity index (χ3n) is 3.21. The molecule has 0 radical (unpaired) electrons. The van der Waals surface area contributed by atoms with Gasteiger partial charge in [-0.1, -0.05) is 26.2 Å². The smallest absolute Gasteiger partial charge is 0.188 e. The van der Waals surface area contributed by atoms with Crippen molar-refractivity contribution in [3.63, 3.8) is 0 Å². The number of fused-ring (bicyclic) bond motifs is 1. The van der Waals surface area contributed by atoms with E-state index < -0.39 is 0 Å². The van der Waals surface area contributed by atoms with Crippen LogP contribution in [-0.4, -0.2) is 21.9 Å². The van der Waals surface area contributed by atoms with E-state index in [9.17, 15) is 0 Å². The van der Waals surface area contributed by atoms with Crippen LogP contribution in [0.25, 0.3) is 5.65 Å². The normalized spacial score (nSPS) is 11.5. The molecule has 2 aromatic heterocycles. The maximum Gasteiger partial charge on any atom is 0.188 e. The third kappa shape index (κ3) is 6.12. The third-order valence-corrected chi connectivity index (χ3v) is 3.68. The van der Waals surface area contributed by atoms with Gasteiger partial charge in [0.15, 0.2) is 5.96 Å². The predicted molar refractivity (Wildman–Crippen MR) is 106 cm³/mol. The molecule has 3 N–H and O–H groups in total. The number of guanidine groups is 1. The Morgan fingerprint density at radius 1 is 1.32 bits per heavy atom. The van der Waals surface area contributed by atoms with Gasteiger partial charge in [0, 0.05) is 23.4 Å². The van der Waals surface area contributed by atoms with E-state index in [2.05, 4.69) is 38.1 Å². The number of imidazole rings is 1. The molecule has 0 aliphatic carbocycles. The molecule has 0 spiro atoms. The Kier molecular flexibility index (Phi) is 8.77. The number of hydrogen-bond acceptors (Lipinski definition) is 2. The van der Waals surface area contributed by atoms with Gasteiger partial charge in [-0.25, -0.2) is 9.98 Å². The quantitative estimate of drug-likeness (QED) is 0.275. The lowest BCUT2D eigenvalue weighted by atomic mass is 10.2. The molecule has 0 aliphatic rings. The number of nitrogens with zero attached hydrogens (tertiary/aromatic N) is 3. The minimum atomic E-state index is 0. The van der Waals surface area contributed by atoms with E-state index in [-0.39, 0.29) is 24.0 Å². The zero-order chi connectivity index (χ0) is 15.1. The number of unbranched alkanes of at least 4 members (excludes halogenated alkanes) is 3. The molecule has 22 heavy (non-hydrogen) atoms. The van der Waals surface area contributed by atoms with Gasteiger partial charge < -0.3 is 15.5 Å². The standard InChI is InChI=1S/C15H22BrN5.HI/c1-2-3-4-5-8-18-15(17)19-9-13-11-21-10-12(16)6-7-14(21)20-13;/h6-7,10-11H,2-5,8-9H2,1H3,(H3,17,18,19);1H. The number of hydrogen-bond donors (Lipinski definition) is 2. The number of aliphatic imine (C=N–C) groups is 1. The second kappa shape index (κ2) is 10.0. The molecule has 2 heterocycles. The highest BCUT2D eigenvalue weighted by atomic mass is 127. The SMILES string of the molecule is CCCCCCNC(N)=NCc1cn2cc(Br)ccc2n1.I. The van der Waals surface area contributed by atoms with Crippen molar-refractivity contribution in [2.45, 2.75) is 39.2 Å². The van der Waals surface area contributed by atoms with Gasteiger partial charge in [0.25, 0.3) is 0 Å². The number of nitrogens with two attached hydrogens (primary N) is 1. The maximum atomic E-state index is 5.85. The fourth-order valence-electron chi connectivity index (χ4n) is 2.08. The van der Waals surface area contributed by atoms with Crippen LogP contribution in [0.1, 0.15) is 38.3 Å². The molecule has 7 heteroatoms. The van der Waals surface area contributed by atoms with Crippen LogP contribution in [0.2, 0.25) is 0 Å². The van der Waals surface area contributed by atoms with E-state index in [0.717, 1.165) is 28.8 Å². The molecule has 0 unspecified atom stereocenters. The molecule has 5 nitrogen and oxygen atoms in total. The maximum absolute atomic E-state index is 5.85. The van der Waals surface area contributed by atoms with E-state index in [0.29, 0.717) is 12.5 Å². The van der Waals surface area contributed by atoms with Crippen LogP contribution in [0.3, 0.4) is 0 Å². The van der Waals surface area contributed by atoms with Crippen LogP contribution >= 0.6 is 39.9 Å². The zero-order valence-electron chi connectivity index (χ0n) is 12.8. The minimum absolute atomic E-state index is 0. The van der Waals surface area contributed by atoms with Crippen molar-refractivity contribution in [1.82, 2.24) is 14.7 Å². The Labute approximate surface area is 156 Å². The van der Waals surface area contributed by atoms with Crippen molar-refractivity contribution < 1.29 is 0 Å². The summed E-state index contributed by atoms with van der Waals surface area (Å²) < 4.78 is 3.00. The molecule has 0 atom stereocenters. The van der Waals surface area contributed by atoms with Gasteiger partial charge in [-0.3, -0.25) is 0 Å². The minimum Gasteiger partial charge on any atom is -0.370 e. The van der Waals surface area contributed by atoms with Crippen molar-refractivity contribution in [3.8, 4) is 0 Å². The van der Waals surface area contributed by atoms with E-state index in [1.54, 1.807) is 0 Å². The predicted octanol–water partition coefficient (Wildman–Crippen LogP) is 3.70. The first-order valence-electron chi connectivity index (χ1n) is 7.36. The lowest BCUT2D eigenvalue weighted by Gasteiger charge is -2.04. The molecule has 0 bridgehead atoms. The summed E-state index contributed by atoms with van der Waals surface area (Å²) in [5.41, 5.74) is 7.67. The molecule has 0 aromatic carbocycles. The van der Waals surface area contributed by atoms with E-state index >= 15 is 0 Å². The van der Waals surface area contributed by atoms with E-state index in [4.69, 9.17) is 5.73 Å². The van der Waals surface area contributed by atoms with Gasteiger partial charge in [0.05, 0.1) is 12.2 Å². The van der Waals surface area contributed by atoms with Crippen LogP contribution in [-0.2, 0) is 6.54 Å². The number of pyridine rings is 1. The average molecular weight is 480 g/mol. The molecule has 0 amide bonds. The van der Waals surface area contributed by atoms with Crippen molar-refractivity contribution in [2.75, 3.05) is 6.54 Å². The largest absolute Gasteiger partial charge is 0.370 e. The number of rotatable bonds is 7. The summed E-state index contributed by atoms with van der Waals surface area (Å²) in [5.74, 6) is 0.490. The Balaban J connectivity index is 0.00000242. The van der Waals surface area contributed by atoms with Crippen molar-refractivity contribution >= 4 is 51.5 Å². The summed E-state index contributed by atoms with van der Waals surface area (Å²) in [6.45, 7) is 3.58. The van der Waals surface area contributed by atoms with Crippen molar-refractivity contribution in [3.05, 3.63) is 34.7 Å². The molecule has 0 saturated heterocycles. The highest BCUT2D eigenvalue weighted by Gasteiger charge is 2.01. The molecule has 0 aliphatic heterocycles. The first kappa shape index (κ1) is 19.2. The molecule has 2 rings (SSSR count). The fourth-order valence-corrected chi connectivity index (χ4v) is 2.44. The molecule has 2 aromatic rings. The summed E-state index contributed by atoms with van der Waals surface area (Å²) in [5, 5.41) is 3.14. The summed E-state index contributed by atoms with van der Waals surface area (Å²) in [4.78, 5) is 8.82. The molecule has 0 saturated carbocycles. The second-order valence-electron chi connectivity index (χ2n) is 5.03. The van der Waals surface area contributed by atoms with E-state index in [1.165, 1.54) is 19.3 Å². The molecular formula is C15H23BrIN5. The summed E-state index contributed by atoms with van der Waals surface area (Å²) in [7, 11) is 0. The first-order valence-corrected chi connectivity index (χ1v) is 8.15. The average Bonchev–Trinajstić information content (AvgIpc) is 2.87. The van der Waals surface area contributed by atoms with Crippen molar-refractivity contribution in [2.24, 2.45) is 10.7 Å². The van der Waals surface area contributed by atoms with Gasteiger partial charge >= 0.3 is 0 Å². The Bertz CT molecular complexity index is 611. The zero-order valence-corrected chi connectivity index (χ0v) is 16.7. The summed E-state index contributed by atoms with van der Waals surface area (Å²) in [6.07, 6.45) is 8.83. The van der Waals surface area contributed by atoms with Gasteiger partial charge in [-0.15, -0.1) is 24.0 Å². The first-order chi connectivity index (χ1) is 10.2. The van der Waals surface area contributed by atoms with E-state index in [1.807, 2.05) is 28.9 Å². The summed E-state index contributed by atoms with van der Waals surface area (Å²) in [6, 6.07) is 3.94. The monoisotopic (exact) mass is 479 g/mol. The lowest BCUT2D eigenvalue weighted by molar-refractivity contribution is 0.652. The van der Waals surface area contributed by atoms with Crippen LogP contribution < -0.4 is 11.1 Å². The van der Waals surface area contributed by atoms with Gasteiger partial charge in [-0.2, -0.15) is 0 Å². The molecule has 122 valence electrons. The van der Waals surface area contributed by atoms with Crippen LogP contribution in [0.4, 0.5) is 0 Å². The van der Waals surface area contributed by atoms with Gasteiger partial charge in [0.1, 0.15) is 5.65 Å². The highest BCUT2D eigenvalue weighted by Crippen LogP contribution is 2.12. The second-order valence-corrected chi connectivity index (χ2v) is 5.95. The lowest BCUT2D eigenvalue weighted by Crippen LogP contribution is -2.32. The Morgan fingerprint density at radius 2 is 2.14 bits per heavy atom. The van der Waals surface area contributed by atoms with Crippen molar-refractivity contribution in [1.29, 1.82) is 0 Å². The van der Waals surface area contributed by atoms with Crippen LogP contribution in [0.15, 0.2) is 34.0 Å². The van der Waals surface area contributed by atoms with Gasteiger partial charge in [-0.05, 0) is 34.5 Å². The number of nitrogens with one attached hydrogen (secondary N) is 1. The summed E-state index contributed by atoms with van der Waals surface area (Å²) >= 11 is 3.44. The topological polar surface area (TPSA) is 67.7 Å². The van der Waals surface area contributed by atoms with Gasteiger partial charge in [0.2, 0.25) is 0 Å². The fraction of sp³-hybridized carbons (Fsp3) is 0.467. The molecular weight excluding hydrogens is 457 g/mol. The Morgan fingerprint density at radius 3 is 2.91 bits per heavy atom. The van der Waals surface area contributed by atoms with Crippen LogP contribution in [0.5, 0.6) is 0 Å². The Hall–Kier alpha value is -0.830. The van der Waals surface area contributed by atoms with Crippen LogP contribution in [0, 0.1) is 0 Å². The number of aromatic nitrogens is 2. The number of halogens is 2. The highest BCUT2D eigenvalue weighted by molar-refractivity contribution is 14.0. The molecule has 0 fully saturated rings.